The SMILES string of the molecule is COc1ccc(CC(Cc2ccc(I)cc2)NN)cc1. The van der Waals surface area contributed by atoms with Crippen LogP contribution in [0.4, 0.5) is 0 Å². The molecule has 1 atom stereocenters. The average molecular weight is 382 g/mol. The van der Waals surface area contributed by atoms with Gasteiger partial charge in [-0.2, -0.15) is 0 Å². The van der Waals surface area contributed by atoms with E-state index in [-0.39, 0.29) is 6.04 Å². The first-order valence-electron chi connectivity index (χ1n) is 6.55. The van der Waals surface area contributed by atoms with Crippen molar-refractivity contribution >= 4 is 22.6 Å². The molecule has 2 aromatic rings. The van der Waals surface area contributed by atoms with E-state index < -0.39 is 0 Å². The van der Waals surface area contributed by atoms with Gasteiger partial charge in [0.15, 0.2) is 0 Å². The minimum Gasteiger partial charge on any atom is -0.497 e. The summed E-state index contributed by atoms with van der Waals surface area (Å²) in [6.07, 6.45) is 1.81. The Morgan fingerprint density at radius 2 is 1.50 bits per heavy atom. The van der Waals surface area contributed by atoms with Gasteiger partial charge in [0.25, 0.3) is 0 Å². The van der Waals surface area contributed by atoms with E-state index in [0.29, 0.717) is 0 Å². The molecule has 4 heteroatoms. The van der Waals surface area contributed by atoms with E-state index in [1.807, 2.05) is 12.1 Å². The van der Waals surface area contributed by atoms with E-state index in [0.717, 1.165) is 18.6 Å². The Bertz CT molecular complexity index is 525. The fourth-order valence-corrected chi connectivity index (χ4v) is 2.50. The van der Waals surface area contributed by atoms with E-state index in [2.05, 4.69) is 64.4 Å². The second kappa shape index (κ2) is 7.61. The summed E-state index contributed by atoms with van der Waals surface area (Å²) < 4.78 is 6.42. The van der Waals surface area contributed by atoms with Gasteiger partial charge in [-0.3, -0.25) is 11.3 Å². The molecule has 0 aromatic heterocycles. The molecule has 20 heavy (non-hydrogen) atoms. The van der Waals surface area contributed by atoms with Crippen molar-refractivity contribution in [2.75, 3.05) is 7.11 Å². The van der Waals surface area contributed by atoms with Gasteiger partial charge in [-0.15, -0.1) is 0 Å². The zero-order chi connectivity index (χ0) is 14.4. The number of hydrogen-bond acceptors (Lipinski definition) is 3. The van der Waals surface area contributed by atoms with Crippen LogP contribution in [0, 0.1) is 3.57 Å². The van der Waals surface area contributed by atoms with Crippen molar-refractivity contribution in [1.29, 1.82) is 0 Å². The summed E-state index contributed by atoms with van der Waals surface area (Å²) in [6.45, 7) is 0. The summed E-state index contributed by atoms with van der Waals surface area (Å²) in [5.41, 5.74) is 5.45. The lowest BCUT2D eigenvalue weighted by molar-refractivity contribution is 0.414. The van der Waals surface area contributed by atoms with Gasteiger partial charge < -0.3 is 4.74 Å². The Balaban J connectivity index is 1.99. The first-order valence-corrected chi connectivity index (χ1v) is 7.62. The standard InChI is InChI=1S/C16H19IN2O/c1-20-16-8-4-13(5-9-16)11-15(19-18)10-12-2-6-14(17)7-3-12/h2-9,15,19H,10-11,18H2,1H3. The molecule has 0 heterocycles. The monoisotopic (exact) mass is 382 g/mol. The molecule has 0 amide bonds. The van der Waals surface area contributed by atoms with Crippen LogP contribution in [-0.4, -0.2) is 13.2 Å². The quantitative estimate of drug-likeness (QED) is 0.459. The molecule has 3 N–H and O–H groups in total. The van der Waals surface area contributed by atoms with Crippen LogP contribution in [-0.2, 0) is 12.8 Å². The maximum absolute atomic E-state index is 5.68. The number of nitrogens with one attached hydrogen (secondary N) is 1. The van der Waals surface area contributed by atoms with E-state index in [9.17, 15) is 0 Å². The zero-order valence-electron chi connectivity index (χ0n) is 11.5. The number of hydrogen-bond donors (Lipinski definition) is 2. The number of methoxy groups -OCH3 is 1. The molecule has 0 spiro atoms. The molecule has 0 radical (unpaired) electrons. The zero-order valence-corrected chi connectivity index (χ0v) is 13.6. The Labute approximate surface area is 133 Å². The van der Waals surface area contributed by atoms with Crippen LogP contribution in [0.1, 0.15) is 11.1 Å². The number of hydrazine groups is 1. The predicted octanol–water partition coefficient (Wildman–Crippen LogP) is 2.92. The molecule has 2 rings (SSSR count). The van der Waals surface area contributed by atoms with Crippen molar-refractivity contribution in [3.05, 3.63) is 63.2 Å². The lowest BCUT2D eigenvalue weighted by Crippen LogP contribution is -2.38. The highest BCUT2D eigenvalue weighted by atomic mass is 127. The van der Waals surface area contributed by atoms with E-state index in [1.165, 1.54) is 14.7 Å². The second-order valence-corrected chi connectivity index (χ2v) is 5.99. The lowest BCUT2D eigenvalue weighted by atomic mass is 9.99. The predicted molar refractivity (Wildman–Crippen MR) is 90.7 cm³/mol. The Morgan fingerprint density at radius 3 is 1.95 bits per heavy atom. The molecular weight excluding hydrogens is 363 g/mol. The highest BCUT2D eigenvalue weighted by Crippen LogP contribution is 2.15. The molecule has 0 aliphatic rings. The van der Waals surface area contributed by atoms with Crippen LogP contribution in [0.3, 0.4) is 0 Å². The lowest BCUT2D eigenvalue weighted by Gasteiger charge is -2.16. The molecule has 0 aliphatic heterocycles. The third kappa shape index (κ3) is 4.47. The summed E-state index contributed by atoms with van der Waals surface area (Å²) >= 11 is 2.31. The molecule has 0 fully saturated rings. The van der Waals surface area contributed by atoms with Gasteiger partial charge in [0.05, 0.1) is 7.11 Å². The van der Waals surface area contributed by atoms with Crippen molar-refractivity contribution in [2.24, 2.45) is 5.84 Å². The maximum atomic E-state index is 5.68. The topological polar surface area (TPSA) is 47.3 Å². The van der Waals surface area contributed by atoms with Crippen LogP contribution in [0.5, 0.6) is 5.75 Å². The van der Waals surface area contributed by atoms with Crippen molar-refractivity contribution in [3.8, 4) is 5.75 Å². The van der Waals surface area contributed by atoms with Crippen molar-refractivity contribution in [2.45, 2.75) is 18.9 Å². The number of rotatable bonds is 6. The van der Waals surface area contributed by atoms with Gasteiger partial charge in [0.1, 0.15) is 5.75 Å². The van der Waals surface area contributed by atoms with Crippen molar-refractivity contribution in [3.63, 3.8) is 0 Å². The summed E-state index contributed by atoms with van der Waals surface area (Å²) in [6, 6.07) is 16.9. The molecule has 1 unspecified atom stereocenters. The molecular formula is C16H19IN2O. The number of halogens is 1. The van der Waals surface area contributed by atoms with Gasteiger partial charge in [-0.25, -0.2) is 0 Å². The molecule has 3 nitrogen and oxygen atoms in total. The Kier molecular flexibility index (Phi) is 5.82. The summed E-state index contributed by atoms with van der Waals surface area (Å²) in [4.78, 5) is 0. The van der Waals surface area contributed by atoms with Crippen molar-refractivity contribution < 1.29 is 4.74 Å². The highest BCUT2D eigenvalue weighted by molar-refractivity contribution is 14.1. The minimum absolute atomic E-state index is 0.225. The molecule has 0 bridgehead atoms. The smallest absolute Gasteiger partial charge is 0.118 e. The minimum atomic E-state index is 0.225. The number of benzene rings is 2. The van der Waals surface area contributed by atoms with Gasteiger partial charge in [0.2, 0.25) is 0 Å². The fraction of sp³-hybridized carbons (Fsp3) is 0.250. The second-order valence-electron chi connectivity index (χ2n) is 4.75. The first kappa shape index (κ1) is 15.3. The molecule has 0 saturated heterocycles. The third-order valence-corrected chi connectivity index (χ3v) is 3.99. The molecule has 2 aromatic carbocycles. The average Bonchev–Trinajstić information content (AvgIpc) is 2.49. The van der Waals surface area contributed by atoms with Gasteiger partial charge >= 0.3 is 0 Å². The largest absolute Gasteiger partial charge is 0.497 e. The van der Waals surface area contributed by atoms with E-state index >= 15 is 0 Å². The first-order chi connectivity index (χ1) is 9.71. The fourth-order valence-electron chi connectivity index (χ4n) is 2.14. The molecule has 0 saturated carbocycles. The normalized spacial score (nSPS) is 12.2. The molecule has 0 aliphatic carbocycles. The third-order valence-electron chi connectivity index (χ3n) is 3.27. The van der Waals surface area contributed by atoms with Gasteiger partial charge in [0, 0.05) is 9.61 Å². The summed E-state index contributed by atoms with van der Waals surface area (Å²) in [5.74, 6) is 6.56. The van der Waals surface area contributed by atoms with Crippen molar-refractivity contribution in [1.82, 2.24) is 5.43 Å². The summed E-state index contributed by atoms with van der Waals surface area (Å²) in [5, 5.41) is 0. The van der Waals surface area contributed by atoms with E-state index in [1.54, 1.807) is 7.11 Å². The molecule has 106 valence electrons. The Hall–Kier alpha value is -1.11. The van der Waals surface area contributed by atoms with E-state index in [4.69, 9.17) is 10.6 Å². The highest BCUT2D eigenvalue weighted by Gasteiger charge is 2.09. The van der Waals surface area contributed by atoms with Crippen LogP contribution in [0.15, 0.2) is 48.5 Å². The van der Waals surface area contributed by atoms with Crippen LogP contribution in [0.2, 0.25) is 0 Å². The number of ether oxygens (including phenoxy) is 1. The van der Waals surface area contributed by atoms with Gasteiger partial charge in [-0.1, -0.05) is 24.3 Å². The Morgan fingerprint density at radius 1 is 1.00 bits per heavy atom. The van der Waals surface area contributed by atoms with Crippen LogP contribution < -0.4 is 16.0 Å². The van der Waals surface area contributed by atoms with Crippen LogP contribution >= 0.6 is 22.6 Å². The summed E-state index contributed by atoms with van der Waals surface area (Å²) in [7, 11) is 1.68. The van der Waals surface area contributed by atoms with Crippen LogP contribution in [0.25, 0.3) is 0 Å². The number of nitrogens with two attached hydrogens (primary N) is 1. The maximum Gasteiger partial charge on any atom is 0.118 e. The van der Waals surface area contributed by atoms with Gasteiger partial charge in [-0.05, 0) is 70.8 Å².